The van der Waals surface area contributed by atoms with Crippen LogP contribution in [0.25, 0.3) is 5.65 Å². The Bertz CT molecular complexity index is 889. The van der Waals surface area contributed by atoms with Crippen molar-refractivity contribution in [2.45, 2.75) is 12.6 Å². The molecule has 1 aliphatic rings. The number of aromatic nitrogens is 6. The molecule has 0 N–H and O–H groups in total. The summed E-state index contributed by atoms with van der Waals surface area (Å²) in [5, 5.41) is 12.5. The summed E-state index contributed by atoms with van der Waals surface area (Å²) in [7, 11) is 1.71. The summed E-state index contributed by atoms with van der Waals surface area (Å²) in [4.78, 5) is 14.2. The molecule has 3 aromatic heterocycles. The molecule has 9 heteroatoms. The van der Waals surface area contributed by atoms with Crippen molar-refractivity contribution in [3.8, 4) is 0 Å². The summed E-state index contributed by atoms with van der Waals surface area (Å²) in [5.41, 5.74) is 0.234. The van der Waals surface area contributed by atoms with E-state index in [-0.39, 0.29) is 5.56 Å². The van der Waals surface area contributed by atoms with Crippen LogP contribution < -0.4 is 5.56 Å². The Hall–Kier alpha value is -2.00. The van der Waals surface area contributed by atoms with Gasteiger partial charge >= 0.3 is 0 Å². The van der Waals surface area contributed by atoms with E-state index >= 15 is 0 Å². The van der Waals surface area contributed by atoms with E-state index in [1.54, 1.807) is 23.8 Å². The maximum Gasteiger partial charge on any atom is 0.295 e. The molecule has 114 valence electrons. The summed E-state index contributed by atoms with van der Waals surface area (Å²) in [5.74, 6) is 0.785. The van der Waals surface area contributed by atoms with Crippen LogP contribution in [0.1, 0.15) is 11.9 Å². The third kappa shape index (κ3) is 2.17. The number of halogens is 1. The zero-order chi connectivity index (χ0) is 15.3. The highest BCUT2D eigenvalue weighted by Gasteiger charge is 2.29. The normalized spacial score (nSPS) is 16.3. The molecule has 1 aliphatic heterocycles. The number of hydrogen-bond acceptors (Lipinski definition) is 5. The van der Waals surface area contributed by atoms with Crippen LogP contribution in [0, 0.1) is 0 Å². The van der Waals surface area contributed by atoms with Crippen LogP contribution in [0.3, 0.4) is 0 Å². The standard InChI is InChI=1S/C13H14BrN7O/c1-18-2-3-20-11(16-17-12(20)13(18)22)8-19-6-10(7-19)21-5-9(14)4-15-21/h2-5,10H,6-8H2,1H3. The zero-order valence-electron chi connectivity index (χ0n) is 11.9. The SMILES string of the molecule is Cn1ccn2c(CN3CC(n4cc(Br)cn4)C3)nnc2c1=O. The number of likely N-dealkylation sites (tertiary alicyclic amines) is 1. The Morgan fingerprint density at radius 3 is 2.86 bits per heavy atom. The van der Waals surface area contributed by atoms with Crippen molar-refractivity contribution in [3.05, 3.63) is 45.4 Å². The summed E-state index contributed by atoms with van der Waals surface area (Å²) in [6, 6.07) is 0.387. The lowest BCUT2D eigenvalue weighted by atomic mass is 10.1. The average molecular weight is 364 g/mol. The summed E-state index contributed by atoms with van der Waals surface area (Å²) in [6.07, 6.45) is 7.33. The first kappa shape index (κ1) is 13.6. The van der Waals surface area contributed by atoms with Crippen molar-refractivity contribution < 1.29 is 0 Å². The molecule has 0 atom stereocenters. The molecular formula is C13H14BrN7O. The molecule has 0 saturated carbocycles. The number of aryl methyl sites for hydroxylation is 1. The molecule has 0 aromatic carbocycles. The van der Waals surface area contributed by atoms with Gasteiger partial charge in [0.2, 0.25) is 5.65 Å². The second kappa shape index (κ2) is 5.03. The van der Waals surface area contributed by atoms with Crippen LogP contribution in [0.5, 0.6) is 0 Å². The van der Waals surface area contributed by atoms with Gasteiger partial charge in [0.05, 0.1) is 23.3 Å². The fourth-order valence-corrected chi connectivity index (χ4v) is 2.98. The van der Waals surface area contributed by atoms with Gasteiger partial charge in [0, 0.05) is 38.7 Å². The molecule has 3 aromatic rings. The average Bonchev–Trinajstić information content (AvgIpc) is 3.04. The van der Waals surface area contributed by atoms with Crippen LogP contribution in [0.2, 0.25) is 0 Å². The van der Waals surface area contributed by atoms with Crippen LogP contribution in [0.15, 0.2) is 34.1 Å². The fourth-order valence-electron chi connectivity index (χ4n) is 2.68. The highest BCUT2D eigenvalue weighted by Crippen LogP contribution is 2.23. The Morgan fingerprint density at radius 1 is 1.32 bits per heavy atom. The number of rotatable bonds is 3. The van der Waals surface area contributed by atoms with Crippen molar-refractivity contribution in [3.63, 3.8) is 0 Å². The third-order valence-corrected chi connectivity index (χ3v) is 4.37. The minimum absolute atomic E-state index is 0.135. The van der Waals surface area contributed by atoms with Gasteiger partial charge < -0.3 is 4.57 Å². The maximum atomic E-state index is 12.0. The Morgan fingerprint density at radius 2 is 2.14 bits per heavy atom. The van der Waals surface area contributed by atoms with Crippen molar-refractivity contribution in [2.24, 2.45) is 7.05 Å². The van der Waals surface area contributed by atoms with E-state index in [0.717, 1.165) is 23.4 Å². The lowest BCUT2D eigenvalue weighted by Gasteiger charge is -2.38. The topological polar surface area (TPSA) is 73.2 Å². The quantitative estimate of drug-likeness (QED) is 0.675. The van der Waals surface area contributed by atoms with Crippen LogP contribution in [0.4, 0.5) is 0 Å². The second-order valence-electron chi connectivity index (χ2n) is 5.51. The van der Waals surface area contributed by atoms with Gasteiger partial charge in [-0.2, -0.15) is 5.10 Å². The largest absolute Gasteiger partial charge is 0.314 e. The molecule has 0 aliphatic carbocycles. The van der Waals surface area contributed by atoms with Crippen LogP contribution >= 0.6 is 15.9 Å². The van der Waals surface area contributed by atoms with E-state index < -0.39 is 0 Å². The van der Waals surface area contributed by atoms with Gasteiger partial charge in [-0.15, -0.1) is 10.2 Å². The minimum atomic E-state index is -0.135. The van der Waals surface area contributed by atoms with E-state index in [4.69, 9.17) is 0 Å². The van der Waals surface area contributed by atoms with Gasteiger partial charge in [-0.05, 0) is 15.9 Å². The summed E-state index contributed by atoms with van der Waals surface area (Å²) in [6.45, 7) is 2.50. The summed E-state index contributed by atoms with van der Waals surface area (Å²) < 4.78 is 6.23. The molecule has 0 unspecified atom stereocenters. The Labute approximate surface area is 134 Å². The van der Waals surface area contributed by atoms with Crippen molar-refractivity contribution in [2.75, 3.05) is 13.1 Å². The second-order valence-corrected chi connectivity index (χ2v) is 6.43. The molecular weight excluding hydrogens is 350 g/mol. The predicted octanol–water partition coefficient (Wildman–Crippen LogP) is 0.444. The van der Waals surface area contributed by atoms with Crippen molar-refractivity contribution in [1.82, 2.24) is 33.8 Å². The Balaban J connectivity index is 1.49. The van der Waals surface area contributed by atoms with Gasteiger partial charge in [0.1, 0.15) is 0 Å². The highest BCUT2D eigenvalue weighted by atomic mass is 79.9. The van der Waals surface area contributed by atoms with Crippen molar-refractivity contribution >= 4 is 21.6 Å². The summed E-state index contributed by atoms with van der Waals surface area (Å²) >= 11 is 3.41. The zero-order valence-corrected chi connectivity index (χ0v) is 13.5. The van der Waals surface area contributed by atoms with Crippen LogP contribution in [-0.4, -0.2) is 46.9 Å². The molecule has 0 radical (unpaired) electrons. The van der Waals surface area contributed by atoms with Gasteiger partial charge in [-0.25, -0.2) is 0 Å². The fraction of sp³-hybridized carbons (Fsp3) is 0.385. The van der Waals surface area contributed by atoms with Gasteiger partial charge in [0.25, 0.3) is 5.56 Å². The first-order chi connectivity index (χ1) is 10.6. The molecule has 8 nitrogen and oxygen atoms in total. The molecule has 4 rings (SSSR count). The van der Waals surface area contributed by atoms with E-state index in [2.05, 4.69) is 36.1 Å². The van der Waals surface area contributed by atoms with Gasteiger partial charge in [-0.1, -0.05) is 0 Å². The lowest BCUT2D eigenvalue weighted by molar-refractivity contribution is 0.0877. The molecule has 22 heavy (non-hydrogen) atoms. The minimum Gasteiger partial charge on any atom is -0.314 e. The number of hydrogen-bond donors (Lipinski definition) is 0. The van der Waals surface area contributed by atoms with E-state index in [9.17, 15) is 4.79 Å². The van der Waals surface area contributed by atoms with E-state index in [1.165, 1.54) is 4.57 Å². The molecule has 1 saturated heterocycles. The highest BCUT2D eigenvalue weighted by molar-refractivity contribution is 9.10. The van der Waals surface area contributed by atoms with E-state index in [0.29, 0.717) is 18.2 Å². The Kier molecular flexibility index (Phi) is 3.12. The molecule has 0 spiro atoms. The monoisotopic (exact) mass is 363 g/mol. The third-order valence-electron chi connectivity index (χ3n) is 3.96. The molecule has 0 bridgehead atoms. The smallest absolute Gasteiger partial charge is 0.295 e. The van der Waals surface area contributed by atoms with Gasteiger partial charge in [-0.3, -0.25) is 18.8 Å². The number of nitrogens with zero attached hydrogens (tertiary/aromatic N) is 7. The lowest BCUT2D eigenvalue weighted by Crippen LogP contribution is -2.47. The molecule has 4 heterocycles. The van der Waals surface area contributed by atoms with Gasteiger partial charge in [0.15, 0.2) is 5.82 Å². The van der Waals surface area contributed by atoms with E-state index in [1.807, 2.05) is 17.1 Å². The van der Waals surface area contributed by atoms with Crippen molar-refractivity contribution in [1.29, 1.82) is 0 Å². The predicted molar refractivity (Wildman–Crippen MR) is 82.5 cm³/mol. The molecule has 1 fully saturated rings. The molecule has 0 amide bonds. The first-order valence-electron chi connectivity index (χ1n) is 6.93. The number of fused-ring (bicyclic) bond motifs is 1. The van der Waals surface area contributed by atoms with Crippen LogP contribution in [-0.2, 0) is 13.6 Å². The maximum absolute atomic E-state index is 12.0. The first-order valence-corrected chi connectivity index (χ1v) is 7.72.